The monoisotopic (exact) mass is 348 g/mol. The van der Waals surface area contributed by atoms with Crippen LogP contribution in [0.25, 0.3) is 0 Å². The molecule has 0 aliphatic rings. The quantitative estimate of drug-likeness (QED) is 0.371. The summed E-state index contributed by atoms with van der Waals surface area (Å²) in [6.07, 6.45) is 0. The Morgan fingerprint density at radius 3 is 2.43 bits per heavy atom. The van der Waals surface area contributed by atoms with Crippen LogP contribution in [0.2, 0.25) is 0 Å². The van der Waals surface area contributed by atoms with Crippen LogP contribution in [0.5, 0.6) is 11.5 Å². The van der Waals surface area contributed by atoms with Gasteiger partial charge >= 0.3 is 0 Å². The van der Waals surface area contributed by atoms with Crippen LogP contribution in [0.15, 0.2) is 52.1 Å². The van der Waals surface area contributed by atoms with Gasteiger partial charge in [-0.2, -0.15) is 0 Å². The molecule has 4 nitrogen and oxygen atoms in total. The Hall–Kier alpha value is -2.01. The molecule has 0 atom stereocenters. The number of hydrogen-bond acceptors (Lipinski definition) is 3. The van der Waals surface area contributed by atoms with E-state index in [0.29, 0.717) is 23.0 Å². The molecule has 0 radical (unpaired) electrons. The molecule has 2 aromatic carbocycles. The van der Waals surface area contributed by atoms with E-state index in [-0.39, 0.29) is 5.84 Å². The van der Waals surface area contributed by atoms with Gasteiger partial charge in [0.05, 0.1) is 5.56 Å². The fraction of sp³-hybridized carbons (Fsp3) is 0.188. The Balaban J connectivity index is 2.32. The van der Waals surface area contributed by atoms with Crippen molar-refractivity contribution in [1.82, 2.24) is 0 Å². The number of nitrogens with zero attached hydrogens (tertiary/aromatic N) is 1. The van der Waals surface area contributed by atoms with E-state index in [1.54, 1.807) is 12.1 Å². The molecule has 0 spiro atoms. The van der Waals surface area contributed by atoms with Gasteiger partial charge in [0.2, 0.25) is 0 Å². The highest BCUT2D eigenvalue weighted by Crippen LogP contribution is 2.29. The highest BCUT2D eigenvalue weighted by molar-refractivity contribution is 9.10. The summed E-state index contributed by atoms with van der Waals surface area (Å²) in [4.78, 5) is 0. The summed E-state index contributed by atoms with van der Waals surface area (Å²) in [7, 11) is 0. The molecular formula is C16H17BrN2O2. The maximum Gasteiger partial charge on any atom is 0.173 e. The van der Waals surface area contributed by atoms with Crippen molar-refractivity contribution in [2.75, 3.05) is 0 Å². The van der Waals surface area contributed by atoms with E-state index >= 15 is 0 Å². The van der Waals surface area contributed by atoms with Crippen molar-refractivity contribution in [3.63, 3.8) is 0 Å². The minimum Gasteiger partial charge on any atom is -0.457 e. The zero-order valence-electron chi connectivity index (χ0n) is 11.9. The fourth-order valence-corrected chi connectivity index (χ4v) is 2.23. The normalized spacial score (nSPS) is 11.7. The molecule has 5 heteroatoms. The van der Waals surface area contributed by atoms with E-state index in [4.69, 9.17) is 15.7 Å². The van der Waals surface area contributed by atoms with Gasteiger partial charge in [0.1, 0.15) is 11.5 Å². The number of ether oxygens (including phenoxy) is 1. The fourth-order valence-electron chi connectivity index (χ4n) is 1.89. The number of nitrogens with two attached hydrogens (primary N) is 1. The van der Waals surface area contributed by atoms with Crippen LogP contribution in [0.3, 0.4) is 0 Å². The number of benzene rings is 2. The van der Waals surface area contributed by atoms with Crippen LogP contribution in [0, 0.1) is 0 Å². The van der Waals surface area contributed by atoms with E-state index in [2.05, 4.69) is 34.9 Å². The van der Waals surface area contributed by atoms with Gasteiger partial charge in [-0.25, -0.2) is 0 Å². The second-order valence-corrected chi connectivity index (χ2v) is 5.87. The van der Waals surface area contributed by atoms with E-state index in [1.165, 1.54) is 5.56 Å². The molecule has 2 aromatic rings. The van der Waals surface area contributed by atoms with E-state index in [1.807, 2.05) is 30.3 Å². The van der Waals surface area contributed by atoms with Crippen molar-refractivity contribution >= 4 is 21.8 Å². The van der Waals surface area contributed by atoms with Gasteiger partial charge in [-0.05, 0) is 41.8 Å². The molecule has 0 heterocycles. The predicted octanol–water partition coefficient (Wildman–Crippen LogP) is 4.46. The number of hydrogen-bond donors (Lipinski definition) is 2. The van der Waals surface area contributed by atoms with Gasteiger partial charge in [-0.1, -0.05) is 47.1 Å². The van der Waals surface area contributed by atoms with Crippen LogP contribution >= 0.6 is 15.9 Å². The number of amidine groups is 1. The highest BCUT2D eigenvalue weighted by Gasteiger charge is 2.10. The third-order valence-corrected chi connectivity index (χ3v) is 3.60. The lowest BCUT2D eigenvalue weighted by Crippen LogP contribution is -2.14. The second kappa shape index (κ2) is 6.63. The molecule has 3 N–H and O–H groups in total. The van der Waals surface area contributed by atoms with Crippen molar-refractivity contribution in [3.05, 3.63) is 58.1 Å². The topological polar surface area (TPSA) is 67.8 Å². The Morgan fingerprint density at radius 2 is 1.86 bits per heavy atom. The van der Waals surface area contributed by atoms with Crippen LogP contribution in [-0.2, 0) is 0 Å². The first kappa shape index (κ1) is 15.4. The zero-order chi connectivity index (χ0) is 15.4. The largest absolute Gasteiger partial charge is 0.457 e. The minimum atomic E-state index is 0.0105. The molecule has 2 rings (SSSR count). The van der Waals surface area contributed by atoms with Gasteiger partial charge in [0.25, 0.3) is 0 Å². The molecule has 110 valence electrons. The molecule has 0 fully saturated rings. The van der Waals surface area contributed by atoms with Crippen LogP contribution in [0.4, 0.5) is 0 Å². The van der Waals surface area contributed by atoms with Crippen molar-refractivity contribution in [2.24, 2.45) is 10.9 Å². The SMILES string of the molecule is CC(C)c1ccc(Oc2cc(Br)ccc2/C(N)=N/O)cc1. The van der Waals surface area contributed by atoms with E-state index in [0.717, 1.165) is 4.47 Å². The molecule has 0 aliphatic heterocycles. The summed E-state index contributed by atoms with van der Waals surface area (Å²) >= 11 is 3.39. The first-order valence-corrected chi connectivity index (χ1v) is 7.36. The van der Waals surface area contributed by atoms with Crippen molar-refractivity contribution in [3.8, 4) is 11.5 Å². The molecular weight excluding hydrogens is 332 g/mol. The minimum absolute atomic E-state index is 0.0105. The summed E-state index contributed by atoms with van der Waals surface area (Å²) in [5, 5.41) is 11.9. The van der Waals surface area contributed by atoms with Gasteiger partial charge < -0.3 is 15.7 Å². The first-order chi connectivity index (χ1) is 10.0. The lowest BCUT2D eigenvalue weighted by molar-refractivity contribution is 0.318. The molecule has 0 aromatic heterocycles. The maximum absolute atomic E-state index is 8.84. The van der Waals surface area contributed by atoms with Crippen molar-refractivity contribution in [2.45, 2.75) is 19.8 Å². The Labute approximate surface area is 132 Å². The van der Waals surface area contributed by atoms with Crippen molar-refractivity contribution < 1.29 is 9.94 Å². The third kappa shape index (κ3) is 3.76. The van der Waals surface area contributed by atoms with Gasteiger partial charge in [-0.3, -0.25) is 0 Å². The Bertz CT molecular complexity index is 652. The second-order valence-electron chi connectivity index (χ2n) is 4.95. The van der Waals surface area contributed by atoms with Crippen LogP contribution < -0.4 is 10.5 Å². The molecule has 0 amide bonds. The third-order valence-electron chi connectivity index (χ3n) is 3.10. The summed E-state index contributed by atoms with van der Waals surface area (Å²) < 4.78 is 6.70. The Morgan fingerprint density at radius 1 is 1.19 bits per heavy atom. The average Bonchev–Trinajstić information content (AvgIpc) is 2.47. The van der Waals surface area contributed by atoms with Crippen LogP contribution in [-0.4, -0.2) is 11.0 Å². The first-order valence-electron chi connectivity index (χ1n) is 6.56. The van der Waals surface area contributed by atoms with Gasteiger partial charge in [-0.15, -0.1) is 0 Å². The standard InChI is InChI=1S/C16H17BrN2O2/c1-10(2)11-3-6-13(7-4-11)21-15-9-12(17)5-8-14(15)16(18)19-20/h3-10,20H,1-2H3,(H2,18,19). The Kier molecular flexibility index (Phi) is 4.85. The molecule has 0 bridgehead atoms. The summed E-state index contributed by atoms with van der Waals surface area (Å²) in [5.41, 5.74) is 7.45. The van der Waals surface area contributed by atoms with Gasteiger partial charge in [0, 0.05) is 4.47 Å². The zero-order valence-corrected chi connectivity index (χ0v) is 13.5. The maximum atomic E-state index is 8.84. The number of oxime groups is 1. The summed E-state index contributed by atoms with van der Waals surface area (Å²) in [5.74, 6) is 1.70. The molecule has 21 heavy (non-hydrogen) atoms. The van der Waals surface area contributed by atoms with Crippen LogP contribution in [0.1, 0.15) is 30.9 Å². The molecule has 0 unspecified atom stereocenters. The van der Waals surface area contributed by atoms with Crippen molar-refractivity contribution in [1.29, 1.82) is 0 Å². The molecule has 0 saturated heterocycles. The number of rotatable bonds is 4. The molecule has 0 saturated carbocycles. The lowest BCUT2D eigenvalue weighted by Gasteiger charge is -2.12. The average molecular weight is 349 g/mol. The summed E-state index contributed by atoms with van der Waals surface area (Å²) in [6, 6.07) is 13.2. The van der Waals surface area contributed by atoms with E-state index in [9.17, 15) is 0 Å². The van der Waals surface area contributed by atoms with E-state index < -0.39 is 0 Å². The summed E-state index contributed by atoms with van der Waals surface area (Å²) in [6.45, 7) is 4.28. The highest BCUT2D eigenvalue weighted by atomic mass is 79.9. The molecule has 0 aliphatic carbocycles. The smallest absolute Gasteiger partial charge is 0.173 e. The lowest BCUT2D eigenvalue weighted by atomic mass is 10.0. The van der Waals surface area contributed by atoms with Gasteiger partial charge in [0.15, 0.2) is 5.84 Å². The predicted molar refractivity (Wildman–Crippen MR) is 87.3 cm³/mol. The number of halogens is 1.